The summed E-state index contributed by atoms with van der Waals surface area (Å²) in [5.74, 6) is -0.0705. The molecule has 0 aromatic heterocycles. The van der Waals surface area contributed by atoms with E-state index in [4.69, 9.17) is 5.73 Å². The molecule has 1 aromatic rings. The first kappa shape index (κ1) is 13.2. The number of nitrogens with zero attached hydrogens (tertiary/aromatic N) is 1. The van der Waals surface area contributed by atoms with Gasteiger partial charge < -0.3 is 10.6 Å². The maximum Gasteiger partial charge on any atom is 0.233 e. The average Bonchev–Trinajstić information content (AvgIpc) is 3.29. The Kier molecular flexibility index (Phi) is 3.24. The minimum Gasteiger partial charge on any atom is -0.369 e. The largest absolute Gasteiger partial charge is 0.369 e. The molecule has 0 bridgehead atoms. The lowest BCUT2D eigenvalue weighted by molar-refractivity contribution is -0.137. The molecule has 2 fully saturated rings. The molecular weight excluding hydrogens is 252 g/mol. The lowest BCUT2D eigenvalue weighted by Crippen LogP contribution is -2.45. The average molecular weight is 272 g/mol. The molecule has 1 aliphatic heterocycles. The molecule has 1 saturated heterocycles. The van der Waals surface area contributed by atoms with Gasteiger partial charge in [0.25, 0.3) is 0 Å². The number of primary amides is 1. The van der Waals surface area contributed by atoms with E-state index in [9.17, 15) is 9.59 Å². The molecule has 2 amide bonds. The molecule has 0 atom stereocenters. The monoisotopic (exact) mass is 272 g/mol. The highest BCUT2D eigenvalue weighted by Gasteiger charge is 2.53. The molecule has 0 unspecified atom stereocenters. The van der Waals surface area contributed by atoms with Gasteiger partial charge in [0, 0.05) is 19.0 Å². The second-order valence-corrected chi connectivity index (χ2v) is 5.92. The van der Waals surface area contributed by atoms with Crippen molar-refractivity contribution in [2.45, 2.75) is 31.1 Å². The first-order valence-corrected chi connectivity index (χ1v) is 7.28. The third kappa shape index (κ3) is 2.19. The number of amides is 2. The van der Waals surface area contributed by atoms with Gasteiger partial charge in [-0.25, -0.2) is 0 Å². The van der Waals surface area contributed by atoms with Crippen molar-refractivity contribution in [1.82, 2.24) is 4.90 Å². The van der Waals surface area contributed by atoms with Crippen LogP contribution in [0.1, 0.15) is 31.2 Å². The Bertz CT molecular complexity index is 515. The first-order chi connectivity index (χ1) is 9.63. The predicted octanol–water partition coefficient (Wildman–Crippen LogP) is 1.44. The Labute approximate surface area is 118 Å². The zero-order valence-electron chi connectivity index (χ0n) is 11.5. The number of piperidine rings is 1. The highest BCUT2D eigenvalue weighted by molar-refractivity contribution is 5.91. The van der Waals surface area contributed by atoms with Crippen molar-refractivity contribution in [3.05, 3.63) is 35.9 Å². The number of likely N-dealkylation sites (tertiary alicyclic amines) is 1. The topological polar surface area (TPSA) is 63.4 Å². The Morgan fingerprint density at radius 3 is 2.20 bits per heavy atom. The summed E-state index contributed by atoms with van der Waals surface area (Å²) in [6.45, 7) is 1.31. The summed E-state index contributed by atoms with van der Waals surface area (Å²) in [5.41, 5.74) is 6.17. The summed E-state index contributed by atoms with van der Waals surface area (Å²) in [6, 6.07) is 10.0. The highest BCUT2D eigenvalue weighted by Crippen LogP contribution is 2.49. The van der Waals surface area contributed by atoms with Crippen molar-refractivity contribution >= 4 is 11.8 Å². The van der Waals surface area contributed by atoms with Crippen LogP contribution in [-0.4, -0.2) is 29.8 Å². The van der Waals surface area contributed by atoms with Crippen LogP contribution in [0.3, 0.4) is 0 Å². The molecule has 0 spiro atoms. The van der Waals surface area contributed by atoms with Crippen molar-refractivity contribution in [1.29, 1.82) is 0 Å². The van der Waals surface area contributed by atoms with Crippen LogP contribution >= 0.6 is 0 Å². The van der Waals surface area contributed by atoms with Crippen LogP contribution in [0.25, 0.3) is 0 Å². The summed E-state index contributed by atoms with van der Waals surface area (Å²) in [5, 5.41) is 0. The summed E-state index contributed by atoms with van der Waals surface area (Å²) in [7, 11) is 0. The molecule has 20 heavy (non-hydrogen) atoms. The number of benzene rings is 1. The van der Waals surface area contributed by atoms with Gasteiger partial charge in [-0.2, -0.15) is 0 Å². The number of hydrogen-bond acceptors (Lipinski definition) is 2. The van der Waals surface area contributed by atoms with Gasteiger partial charge in [-0.05, 0) is 31.2 Å². The second-order valence-electron chi connectivity index (χ2n) is 5.92. The minimum absolute atomic E-state index is 0.0640. The fourth-order valence-corrected chi connectivity index (χ4v) is 3.18. The summed E-state index contributed by atoms with van der Waals surface area (Å²) in [6.07, 6.45) is 3.27. The normalized spacial score (nSPS) is 21.5. The SMILES string of the molecule is NC(=O)C1CCN(C(=O)C2(c3ccccc3)CC2)CC1. The molecule has 2 N–H and O–H groups in total. The summed E-state index contributed by atoms with van der Waals surface area (Å²) in [4.78, 5) is 25.9. The molecule has 106 valence electrons. The Morgan fingerprint density at radius 1 is 1.10 bits per heavy atom. The van der Waals surface area contributed by atoms with E-state index in [-0.39, 0.29) is 23.1 Å². The Hall–Kier alpha value is -1.84. The van der Waals surface area contributed by atoms with Gasteiger partial charge in [-0.1, -0.05) is 30.3 Å². The van der Waals surface area contributed by atoms with Crippen molar-refractivity contribution in [2.75, 3.05) is 13.1 Å². The molecule has 1 aliphatic carbocycles. The van der Waals surface area contributed by atoms with E-state index >= 15 is 0 Å². The zero-order chi connectivity index (χ0) is 14.2. The molecule has 4 heteroatoms. The molecule has 1 aromatic carbocycles. The van der Waals surface area contributed by atoms with Gasteiger partial charge in [0.05, 0.1) is 5.41 Å². The smallest absolute Gasteiger partial charge is 0.233 e. The molecule has 1 heterocycles. The number of hydrogen-bond donors (Lipinski definition) is 1. The second kappa shape index (κ2) is 4.93. The van der Waals surface area contributed by atoms with Crippen molar-refractivity contribution in [3.8, 4) is 0 Å². The number of nitrogens with two attached hydrogens (primary N) is 1. The van der Waals surface area contributed by atoms with Gasteiger partial charge >= 0.3 is 0 Å². The molecule has 1 saturated carbocycles. The quantitative estimate of drug-likeness (QED) is 0.905. The van der Waals surface area contributed by atoms with E-state index in [0.29, 0.717) is 25.9 Å². The third-order valence-corrected chi connectivity index (χ3v) is 4.67. The maximum atomic E-state index is 12.8. The Balaban J connectivity index is 1.70. The van der Waals surface area contributed by atoms with Gasteiger partial charge in [-0.15, -0.1) is 0 Å². The highest BCUT2D eigenvalue weighted by atomic mass is 16.2. The van der Waals surface area contributed by atoms with Crippen LogP contribution in [0.2, 0.25) is 0 Å². The molecule has 2 aliphatic rings. The lowest BCUT2D eigenvalue weighted by atomic mass is 9.91. The molecule has 0 radical (unpaired) electrons. The number of carbonyl (C=O) groups excluding carboxylic acids is 2. The van der Waals surface area contributed by atoms with Crippen LogP contribution in [-0.2, 0) is 15.0 Å². The van der Waals surface area contributed by atoms with Crippen LogP contribution in [0.15, 0.2) is 30.3 Å². The van der Waals surface area contributed by atoms with Crippen LogP contribution in [0.4, 0.5) is 0 Å². The molecular formula is C16H20N2O2. The van der Waals surface area contributed by atoms with Crippen LogP contribution < -0.4 is 5.73 Å². The van der Waals surface area contributed by atoms with Gasteiger partial charge in [0.15, 0.2) is 0 Å². The number of rotatable bonds is 3. The number of carbonyl (C=O) groups is 2. The molecule has 4 nitrogen and oxygen atoms in total. The zero-order valence-corrected chi connectivity index (χ0v) is 11.5. The van der Waals surface area contributed by atoms with E-state index < -0.39 is 0 Å². The van der Waals surface area contributed by atoms with Gasteiger partial charge in [-0.3, -0.25) is 9.59 Å². The van der Waals surface area contributed by atoms with E-state index in [2.05, 4.69) is 0 Å². The van der Waals surface area contributed by atoms with Crippen LogP contribution in [0.5, 0.6) is 0 Å². The standard InChI is InChI=1S/C16H20N2O2/c17-14(19)12-6-10-18(11-7-12)15(20)16(8-9-16)13-4-2-1-3-5-13/h1-5,12H,6-11H2,(H2,17,19). The van der Waals surface area contributed by atoms with Crippen molar-refractivity contribution in [3.63, 3.8) is 0 Å². The van der Waals surface area contributed by atoms with E-state index in [1.807, 2.05) is 35.2 Å². The Morgan fingerprint density at radius 2 is 1.70 bits per heavy atom. The minimum atomic E-state index is -0.291. The maximum absolute atomic E-state index is 12.8. The fraction of sp³-hybridized carbons (Fsp3) is 0.500. The van der Waals surface area contributed by atoms with Crippen molar-refractivity contribution < 1.29 is 9.59 Å². The lowest BCUT2D eigenvalue weighted by Gasteiger charge is -2.33. The third-order valence-electron chi connectivity index (χ3n) is 4.67. The van der Waals surface area contributed by atoms with Gasteiger partial charge in [0.1, 0.15) is 0 Å². The molecule has 3 rings (SSSR count). The van der Waals surface area contributed by atoms with Gasteiger partial charge in [0.2, 0.25) is 11.8 Å². The summed E-state index contributed by atoms with van der Waals surface area (Å²) >= 11 is 0. The fourth-order valence-electron chi connectivity index (χ4n) is 3.18. The van der Waals surface area contributed by atoms with E-state index in [1.54, 1.807) is 0 Å². The predicted molar refractivity (Wildman–Crippen MR) is 75.9 cm³/mol. The van der Waals surface area contributed by atoms with E-state index in [0.717, 1.165) is 18.4 Å². The first-order valence-electron chi connectivity index (χ1n) is 7.28. The van der Waals surface area contributed by atoms with E-state index in [1.165, 1.54) is 0 Å². The van der Waals surface area contributed by atoms with Crippen molar-refractivity contribution in [2.24, 2.45) is 11.7 Å². The van der Waals surface area contributed by atoms with Crippen LogP contribution in [0, 0.1) is 5.92 Å². The summed E-state index contributed by atoms with van der Waals surface area (Å²) < 4.78 is 0.